The van der Waals surface area contributed by atoms with Crippen LogP contribution in [-0.4, -0.2) is 15.9 Å². The van der Waals surface area contributed by atoms with E-state index in [1.165, 1.54) is 6.42 Å². The van der Waals surface area contributed by atoms with E-state index in [1.54, 1.807) is 17.5 Å². The molecule has 1 aliphatic rings. The topological polar surface area (TPSA) is 54.9 Å². The zero-order chi connectivity index (χ0) is 17.8. The summed E-state index contributed by atoms with van der Waals surface area (Å²) in [5.74, 6) is 0.303. The fraction of sp³-hybridized carbons (Fsp3) is 0.286. The van der Waals surface area contributed by atoms with Crippen molar-refractivity contribution in [3.63, 3.8) is 0 Å². The molecule has 1 amide bonds. The van der Waals surface area contributed by atoms with Crippen molar-refractivity contribution < 1.29 is 4.79 Å². The van der Waals surface area contributed by atoms with Crippen LogP contribution in [0.15, 0.2) is 54.0 Å². The number of hydrogen-bond donors (Lipinski definition) is 1. The minimum Gasteiger partial charge on any atom is -0.326 e. The van der Waals surface area contributed by atoms with Gasteiger partial charge >= 0.3 is 0 Å². The lowest BCUT2D eigenvalue weighted by Gasteiger charge is -2.20. The van der Waals surface area contributed by atoms with Crippen molar-refractivity contribution in [2.24, 2.45) is 5.92 Å². The monoisotopic (exact) mass is 363 g/mol. The van der Waals surface area contributed by atoms with Crippen molar-refractivity contribution in [3.8, 4) is 22.0 Å². The van der Waals surface area contributed by atoms with Gasteiger partial charge < -0.3 is 5.32 Å². The number of thiazole rings is 1. The Hall–Kier alpha value is -2.53. The summed E-state index contributed by atoms with van der Waals surface area (Å²) in [6.07, 6.45) is 7.36. The highest BCUT2D eigenvalue weighted by molar-refractivity contribution is 7.13. The molecule has 1 N–H and O–H groups in total. The van der Waals surface area contributed by atoms with Gasteiger partial charge in [0.2, 0.25) is 5.91 Å². The molecule has 1 aromatic carbocycles. The molecule has 4 rings (SSSR count). The maximum absolute atomic E-state index is 12.5. The quantitative estimate of drug-likeness (QED) is 0.676. The number of benzene rings is 1. The fourth-order valence-electron chi connectivity index (χ4n) is 3.38. The summed E-state index contributed by atoms with van der Waals surface area (Å²) in [7, 11) is 0. The summed E-state index contributed by atoms with van der Waals surface area (Å²) in [6, 6.07) is 13.7. The number of aromatic nitrogens is 2. The normalized spacial score (nSPS) is 14.9. The molecule has 1 saturated carbocycles. The van der Waals surface area contributed by atoms with Crippen LogP contribution in [-0.2, 0) is 4.79 Å². The van der Waals surface area contributed by atoms with Gasteiger partial charge in [-0.15, -0.1) is 11.3 Å². The van der Waals surface area contributed by atoms with E-state index in [9.17, 15) is 4.79 Å². The van der Waals surface area contributed by atoms with E-state index in [2.05, 4.69) is 10.3 Å². The summed E-state index contributed by atoms with van der Waals surface area (Å²) in [4.78, 5) is 21.5. The van der Waals surface area contributed by atoms with E-state index in [-0.39, 0.29) is 11.8 Å². The molecule has 0 radical (unpaired) electrons. The van der Waals surface area contributed by atoms with Gasteiger partial charge in [-0.1, -0.05) is 37.5 Å². The molecular weight excluding hydrogens is 342 g/mol. The standard InChI is InChI=1S/C21H21N3OS/c25-20(15-7-2-1-3-8-15)23-17-10-6-9-16(13-17)19-14-26-21(24-19)18-11-4-5-12-22-18/h4-6,9-15H,1-3,7-8H2,(H,23,25). The van der Waals surface area contributed by atoms with Gasteiger partial charge in [-0.3, -0.25) is 9.78 Å². The molecule has 1 aliphatic carbocycles. The molecular formula is C21H21N3OS. The Morgan fingerprint density at radius 3 is 2.73 bits per heavy atom. The number of amides is 1. The molecule has 0 atom stereocenters. The first-order valence-corrected chi connectivity index (χ1v) is 9.96. The number of hydrogen-bond acceptors (Lipinski definition) is 4. The van der Waals surface area contributed by atoms with Crippen molar-refractivity contribution in [2.75, 3.05) is 5.32 Å². The van der Waals surface area contributed by atoms with Crippen LogP contribution in [0.5, 0.6) is 0 Å². The van der Waals surface area contributed by atoms with E-state index >= 15 is 0 Å². The summed E-state index contributed by atoms with van der Waals surface area (Å²) >= 11 is 1.58. The highest BCUT2D eigenvalue weighted by Crippen LogP contribution is 2.30. The molecule has 2 aromatic heterocycles. The van der Waals surface area contributed by atoms with Gasteiger partial charge in [-0.05, 0) is 37.1 Å². The third kappa shape index (κ3) is 3.83. The number of nitrogens with one attached hydrogen (secondary N) is 1. The highest BCUT2D eigenvalue weighted by Gasteiger charge is 2.21. The Morgan fingerprint density at radius 1 is 1.04 bits per heavy atom. The average molecular weight is 363 g/mol. The molecule has 3 aromatic rings. The van der Waals surface area contributed by atoms with Crippen molar-refractivity contribution in [1.29, 1.82) is 0 Å². The molecule has 0 bridgehead atoms. The van der Waals surface area contributed by atoms with Crippen molar-refractivity contribution in [1.82, 2.24) is 9.97 Å². The van der Waals surface area contributed by atoms with Crippen LogP contribution >= 0.6 is 11.3 Å². The summed E-state index contributed by atoms with van der Waals surface area (Å²) < 4.78 is 0. The van der Waals surface area contributed by atoms with Crippen LogP contribution in [0.4, 0.5) is 5.69 Å². The fourth-order valence-corrected chi connectivity index (χ4v) is 4.18. The average Bonchev–Trinajstić information content (AvgIpc) is 3.20. The SMILES string of the molecule is O=C(Nc1cccc(-c2csc(-c3ccccn3)n2)c1)C1CCCCC1. The van der Waals surface area contributed by atoms with Gasteiger partial charge in [0.05, 0.1) is 11.4 Å². The Balaban J connectivity index is 1.51. The van der Waals surface area contributed by atoms with Crippen LogP contribution < -0.4 is 5.32 Å². The van der Waals surface area contributed by atoms with E-state index in [0.717, 1.165) is 53.3 Å². The first-order valence-electron chi connectivity index (χ1n) is 9.08. The third-order valence-corrected chi connectivity index (χ3v) is 5.65. The second-order valence-electron chi connectivity index (χ2n) is 6.66. The molecule has 5 heteroatoms. The minimum atomic E-state index is 0.148. The smallest absolute Gasteiger partial charge is 0.227 e. The number of nitrogens with zero attached hydrogens (tertiary/aromatic N) is 2. The molecule has 0 spiro atoms. The summed E-state index contributed by atoms with van der Waals surface area (Å²) in [5.41, 5.74) is 3.63. The van der Waals surface area contributed by atoms with Crippen LogP contribution in [0.3, 0.4) is 0 Å². The Labute approximate surface area is 157 Å². The van der Waals surface area contributed by atoms with Crippen LogP contribution in [0.25, 0.3) is 22.0 Å². The molecule has 26 heavy (non-hydrogen) atoms. The lowest BCUT2D eigenvalue weighted by atomic mass is 9.88. The number of anilines is 1. The molecule has 1 fully saturated rings. The van der Waals surface area contributed by atoms with E-state index in [1.807, 2.05) is 47.8 Å². The highest BCUT2D eigenvalue weighted by atomic mass is 32.1. The Kier molecular flexibility index (Phi) is 5.07. The molecule has 0 saturated heterocycles. The van der Waals surface area contributed by atoms with Gasteiger partial charge in [-0.2, -0.15) is 0 Å². The molecule has 2 heterocycles. The Bertz CT molecular complexity index is 885. The van der Waals surface area contributed by atoms with E-state index in [0.29, 0.717) is 0 Å². The maximum atomic E-state index is 12.5. The van der Waals surface area contributed by atoms with Gasteiger partial charge in [0.25, 0.3) is 0 Å². The number of pyridine rings is 1. The second kappa shape index (κ2) is 7.79. The third-order valence-electron chi connectivity index (χ3n) is 4.79. The van der Waals surface area contributed by atoms with Crippen molar-refractivity contribution >= 4 is 22.9 Å². The van der Waals surface area contributed by atoms with Gasteiger partial charge in [0.1, 0.15) is 5.01 Å². The summed E-state index contributed by atoms with van der Waals surface area (Å²) in [5, 5.41) is 6.02. The number of carbonyl (C=O) groups excluding carboxylic acids is 1. The van der Waals surface area contributed by atoms with Crippen LogP contribution in [0.1, 0.15) is 32.1 Å². The van der Waals surface area contributed by atoms with Crippen molar-refractivity contribution in [3.05, 3.63) is 54.0 Å². The van der Waals surface area contributed by atoms with E-state index in [4.69, 9.17) is 4.98 Å². The molecule has 0 aliphatic heterocycles. The lowest BCUT2D eigenvalue weighted by Crippen LogP contribution is -2.24. The largest absolute Gasteiger partial charge is 0.326 e. The van der Waals surface area contributed by atoms with Crippen LogP contribution in [0.2, 0.25) is 0 Å². The summed E-state index contributed by atoms with van der Waals surface area (Å²) in [6.45, 7) is 0. The predicted molar refractivity (Wildman–Crippen MR) is 106 cm³/mol. The van der Waals surface area contributed by atoms with Gasteiger partial charge in [0, 0.05) is 28.7 Å². The van der Waals surface area contributed by atoms with Crippen molar-refractivity contribution in [2.45, 2.75) is 32.1 Å². The maximum Gasteiger partial charge on any atom is 0.227 e. The zero-order valence-corrected chi connectivity index (χ0v) is 15.3. The minimum absolute atomic E-state index is 0.148. The molecule has 132 valence electrons. The van der Waals surface area contributed by atoms with Crippen LogP contribution in [0, 0.1) is 5.92 Å². The van der Waals surface area contributed by atoms with E-state index < -0.39 is 0 Å². The molecule has 4 nitrogen and oxygen atoms in total. The zero-order valence-electron chi connectivity index (χ0n) is 14.5. The molecule has 0 unspecified atom stereocenters. The number of carbonyl (C=O) groups is 1. The lowest BCUT2D eigenvalue weighted by molar-refractivity contribution is -0.120. The predicted octanol–water partition coefficient (Wildman–Crippen LogP) is 5.39. The first-order chi connectivity index (χ1) is 12.8. The Morgan fingerprint density at radius 2 is 1.92 bits per heavy atom. The van der Waals surface area contributed by atoms with Gasteiger partial charge in [-0.25, -0.2) is 4.98 Å². The first kappa shape index (κ1) is 16.9. The van der Waals surface area contributed by atoms with Gasteiger partial charge in [0.15, 0.2) is 0 Å². The number of rotatable bonds is 4. The second-order valence-corrected chi connectivity index (χ2v) is 7.52.